The van der Waals surface area contributed by atoms with E-state index >= 15 is 0 Å². The summed E-state index contributed by atoms with van der Waals surface area (Å²) in [6.45, 7) is 14.8. The van der Waals surface area contributed by atoms with Crippen molar-refractivity contribution in [2.75, 3.05) is 0 Å². The van der Waals surface area contributed by atoms with Crippen LogP contribution < -0.4 is 0 Å². The van der Waals surface area contributed by atoms with Gasteiger partial charge in [0.25, 0.3) is 0 Å². The monoisotopic (exact) mass is 340 g/mol. The molecule has 0 aromatic heterocycles. The summed E-state index contributed by atoms with van der Waals surface area (Å²) in [6.07, 6.45) is 5.00. The zero-order valence-corrected chi connectivity index (χ0v) is 17.4. The first-order valence-corrected chi connectivity index (χ1v) is 15.9. The molecule has 0 unspecified atom stereocenters. The second kappa shape index (κ2) is 5.30. The van der Waals surface area contributed by atoms with Gasteiger partial charge >= 0.3 is 0 Å². The zero-order valence-electron chi connectivity index (χ0n) is 14.5. The lowest BCUT2D eigenvalue weighted by Gasteiger charge is -2.20. The van der Waals surface area contributed by atoms with Gasteiger partial charge in [0.05, 0.1) is 16.1 Å². The highest BCUT2D eigenvalue weighted by atomic mass is 31.1. The first-order valence-electron chi connectivity index (χ1n) is 8.01. The molecular weight excluding hydrogens is 315 g/mol. The van der Waals surface area contributed by atoms with E-state index in [-0.39, 0.29) is 0 Å². The number of hydrogen-bond donors (Lipinski definition) is 0. The van der Waals surface area contributed by atoms with Crippen molar-refractivity contribution in [2.24, 2.45) is 0 Å². The van der Waals surface area contributed by atoms with Crippen molar-refractivity contribution in [1.29, 1.82) is 0 Å². The maximum absolute atomic E-state index is 2.50. The van der Waals surface area contributed by atoms with Crippen LogP contribution in [0.15, 0.2) is 58.2 Å². The molecule has 0 radical (unpaired) electrons. The second-order valence-electron chi connectivity index (χ2n) is 8.24. The van der Waals surface area contributed by atoms with Crippen LogP contribution in [0.1, 0.15) is 5.56 Å². The van der Waals surface area contributed by atoms with E-state index < -0.39 is 16.1 Å². The molecule has 0 N–H and O–H groups in total. The number of allylic oxidation sites excluding steroid dienone is 5. The number of fused-ring (bicyclic) bond motifs is 1. The van der Waals surface area contributed by atoms with Crippen molar-refractivity contribution < 1.29 is 0 Å². The molecule has 1 heterocycles. The number of benzene rings is 1. The Morgan fingerprint density at radius 2 is 1.41 bits per heavy atom. The summed E-state index contributed by atoms with van der Waals surface area (Å²) < 4.78 is 0. The normalized spacial score (nSPS) is 18.9. The van der Waals surface area contributed by atoms with Gasteiger partial charge < -0.3 is 0 Å². The molecule has 3 rings (SSSR count). The molecule has 0 atom stereocenters. The lowest BCUT2D eigenvalue weighted by Crippen LogP contribution is -2.22. The Morgan fingerprint density at radius 1 is 0.773 bits per heavy atom. The van der Waals surface area contributed by atoms with Gasteiger partial charge in [-0.05, 0) is 21.6 Å². The fourth-order valence-electron chi connectivity index (χ4n) is 2.97. The van der Waals surface area contributed by atoms with E-state index in [1.807, 2.05) is 0 Å². The highest BCUT2D eigenvalue weighted by molar-refractivity contribution is 7.53. The summed E-state index contributed by atoms with van der Waals surface area (Å²) in [7, 11) is -1.09. The number of hydrogen-bond acceptors (Lipinski definition) is 0. The van der Waals surface area contributed by atoms with Crippen LogP contribution in [0, 0.1) is 0 Å². The quantitative estimate of drug-likeness (QED) is 0.457. The van der Waals surface area contributed by atoms with Crippen LogP contribution in [-0.4, -0.2) is 21.4 Å². The Kier molecular flexibility index (Phi) is 3.83. The molecule has 2 aliphatic rings. The van der Waals surface area contributed by atoms with E-state index in [2.05, 4.69) is 81.8 Å². The Morgan fingerprint density at radius 3 is 1.95 bits per heavy atom. The van der Waals surface area contributed by atoms with Crippen molar-refractivity contribution in [1.82, 2.24) is 0 Å². The Labute approximate surface area is 138 Å². The third-order valence-electron chi connectivity index (χ3n) is 4.25. The smallest absolute Gasteiger partial charge is 0.0682 e. The van der Waals surface area contributed by atoms with Gasteiger partial charge in [0.1, 0.15) is 0 Å². The van der Waals surface area contributed by atoms with Crippen LogP contribution in [0.3, 0.4) is 0 Å². The van der Waals surface area contributed by atoms with Gasteiger partial charge in [-0.1, -0.05) is 95.2 Å². The van der Waals surface area contributed by atoms with Crippen molar-refractivity contribution in [3.05, 3.63) is 63.8 Å². The Balaban J connectivity index is 2.16. The predicted molar refractivity (Wildman–Crippen MR) is 108 cm³/mol. The third-order valence-corrected chi connectivity index (χ3v) is 11.3. The van der Waals surface area contributed by atoms with Gasteiger partial charge in [-0.3, -0.25) is 0 Å². The molecule has 114 valence electrons. The SMILES string of the molecule is C[Si](C)(C)C1=CC2=PC([Si](C)(C)C)=C(c3ccccc3)C2=C1. The maximum atomic E-state index is 2.50. The van der Waals surface area contributed by atoms with Crippen LogP contribution in [0.5, 0.6) is 0 Å². The predicted octanol–water partition coefficient (Wildman–Crippen LogP) is 6.15. The van der Waals surface area contributed by atoms with Gasteiger partial charge in [-0.25, -0.2) is 0 Å². The number of rotatable bonds is 3. The molecule has 0 bridgehead atoms. The summed E-state index contributed by atoms with van der Waals surface area (Å²) in [5.41, 5.74) is 4.46. The molecule has 0 fully saturated rings. The van der Waals surface area contributed by atoms with Gasteiger partial charge in [0.2, 0.25) is 0 Å². The van der Waals surface area contributed by atoms with Gasteiger partial charge in [-0.15, -0.1) is 0 Å². The topological polar surface area (TPSA) is 0 Å². The van der Waals surface area contributed by atoms with E-state index in [4.69, 9.17) is 0 Å². The van der Waals surface area contributed by atoms with Crippen molar-refractivity contribution >= 4 is 35.2 Å². The average Bonchev–Trinajstić information content (AvgIpc) is 2.95. The molecule has 1 aromatic rings. The van der Waals surface area contributed by atoms with Crippen molar-refractivity contribution in [2.45, 2.75) is 39.3 Å². The van der Waals surface area contributed by atoms with Crippen molar-refractivity contribution in [3.8, 4) is 0 Å². The van der Waals surface area contributed by atoms with Crippen LogP contribution >= 0.6 is 8.20 Å². The highest BCUT2D eigenvalue weighted by Gasteiger charge is 2.34. The van der Waals surface area contributed by atoms with E-state index in [1.54, 1.807) is 21.0 Å². The fourth-order valence-corrected chi connectivity index (χ4v) is 8.08. The van der Waals surface area contributed by atoms with E-state index in [0.29, 0.717) is 0 Å². The minimum absolute atomic E-state index is 1.24. The van der Waals surface area contributed by atoms with Gasteiger partial charge in [-0.2, -0.15) is 0 Å². The molecule has 0 amide bonds. The summed E-state index contributed by atoms with van der Waals surface area (Å²) in [4.78, 5) is 1.70. The van der Waals surface area contributed by atoms with Crippen LogP contribution in [0.2, 0.25) is 39.3 Å². The minimum atomic E-state index is -1.32. The summed E-state index contributed by atoms with van der Waals surface area (Å²) >= 11 is 0. The Bertz CT molecular complexity index is 736. The van der Waals surface area contributed by atoms with E-state index in [1.165, 1.54) is 19.3 Å². The van der Waals surface area contributed by atoms with E-state index in [0.717, 1.165) is 0 Å². The van der Waals surface area contributed by atoms with E-state index in [9.17, 15) is 0 Å². The van der Waals surface area contributed by atoms with Crippen LogP contribution in [0.25, 0.3) is 5.57 Å². The fraction of sp³-hybridized carbons (Fsp3) is 0.316. The molecule has 1 aromatic carbocycles. The van der Waals surface area contributed by atoms with Crippen LogP contribution in [0.4, 0.5) is 0 Å². The summed E-state index contributed by atoms with van der Waals surface area (Å²) in [5.74, 6) is 0. The zero-order chi connectivity index (χ0) is 16.1. The lowest BCUT2D eigenvalue weighted by molar-refractivity contribution is 1.59. The Hall–Kier alpha value is -0.956. The first-order chi connectivity index (χ1) is 10.2. The second-order valence-corrected chi connectivity index (χ2v) is 19.9. The highest BCUT2D eigenvalue weighted by Crippen LogP contribution is 2.48. The first kappa shape index (κ1) is 15.9. The standard InChI is InChI=1S/C19H25PSi2/c1-21(2,3)15-12-16-17(13-15)20-19(22(4,5)6)18(16)14-10-8-7-9-11-14/h7-13H,1-6H3. The third kappa shape index (κ3) is 2.80. The molecule has 0 saturated carbocycles. The molecule has 22 heavy (non-hydrogen) atoms. The minimum Gasteiger partial charge on any atom is -0.0682 e. The molecule has 0 saturated heterocycles. The molecular formula is C19H25PSi2. The molecule has 1 aliphatic carbocycles. The van der Waals surface area contributed by atoms with Gasteiger partial charge in [0.15, 0.2) is 0 Å². The molecule has 0 spiro atoms. The lowest BCUT2D eigenvalue weighted by atomic mass is 9.99. The van der Waals surface area contributed by atoms with Crippen molar-refractivity contribution in [3.63, 3.8) is 0 Å². The summed E-state index contributed by atoms with van der Waals surface area (Å²) in [6, 6.07) is 11.0. The molecule has 0 nitrogen and oxygen atoms in total. The maximum Gasteiger partial charge on any atom is 0.0843 e. The summed E-state index contributed by atoms with van der Waals surface area (Å²) in [5, 5.41) is 3.15. The van der Waals surface area contributed by atoms with Gasteiger partial charge in [0, 0.05) is 5.29 Å². The molecule has 3 heteroatoms. The largest absolute Gasteiger partial charge is 0.0843 e. The average molecular weight is 341 g/mol. The molecule has 1 aliphatic heterocycles. The van der Waals surface area contributed by atoms with Crippen LogP contribution in [-0.2, 0) is 0 Å².